The normalized spacial score (nSPS) is 14.1. The number of nitrogens with zero attached hydrogens (tertiary/aromatic N) is 5. The summed E-state index contributed by atoms with van der Waals surface area (Å²) >= 11 is 0. The first-order valence-corrected chi connectivity index (χ1v) is 9.98. The van der Waals surface area contributed by atoms with Gasteiger partial charge in [0.1, 0.15) is 11.6 Å². The fraction of sp³-hybridized carbons (Fsp3) is 0.381. The summed E-state index contributed by atoms with van der Waals surface area (Å²) in [6.07, 6.45) is 7.03. The van der Waals surface area contributed by atoms with Gasteiger partial charge in [-0.1, -0.05) is 12.1 Å². The van der Waals surface area contributed by atoms with Crippen LogP contribution in [0.4, 0.5) is 5.82 Å². The quantitative estimate of drug-likeness (QED) is 0.689. The van der Waals surface area contributed by atoms with Gasteiger partial charge < -0.3 is 10.2 Å². The number of anilines is 1. The van der Waals surface area contributed by atoms with Gasteiger partial charge in [0.25, 0.3) is 5.56 Å². The smallest absolute Gasteiger partial charge is 0.261 e. The second-order valence-corrected chi connectivity index (χ2v) is 7.17. The van der Waals surface area contributed by atoms with Crippen molar-refractivity contribution >= 4 is 22.6 Å². The van der Waals surface area contributed by atoms with Gasteiger partial charge in [-0.25, -0.2) is 15.0 Å². The zero-order valence-corrected chi connectivity index (χ0v) is 16.3. The maximum Gasteiger partial charge on any atom is 0.261 e. The Balaban J connectivity index is 1.33. The minimum atomic E-state index is -0.156. The molecule has 1 saturated heterocycles. The molecule has 1 fully saturated rings. The summed E-state index contributed by atoms with van der Waals surface area (Å²) in [5.41, 5.74) is 0.518. The molecule has 0 saturated carbocycles. The van der Waals surface area contributed by atoms with Crippen LogP contribution in [0.3, 0.4) is 0 Å². The molecule has 0 aliphatic carbocycles. The maximum atomic E-state index is 12.5. The number of nitrogens with one attached hydrogen (secondary N) is 1. The summed E-state index contributed by atoms with van der Waals surface area (Å²) in [6, 6.07) is 9.10. The molecule has 29 heavy (non-hydrogen) atoms. The third kappa shape index (κ3) is 4.59. The molecular formula is C21H24N6O2. The van der Waals surface area contributed by atoms with Gasteiger partial charge in [0, 0.05) is 32.3 Å². The Labute approximate surface area is 168 Å². The van der Waals surface area contributed by atoms with Gasteiger partial charge in [0.05, 0.1) is 23.8 Å². The lowest BCUT2D eigenvalue weighted by atomic mass is 10.1. The molecule has 1 aliphatic heterocycles. The maximum absolute atomic E-state index is 12.5. The molecule has 1 amide bonds. The van der Waals surface area contributed by atoms with Crippen molar-refractivity contribution < 1.29 is 4.79 Å². The largest absolute Gasteiger partial charge is 0.357 e. The summed E-state index contributed by atoms with van der Waals surface area (Å²) < 4.78 is 1.47. The van der Waals surface area contributed by atoms with E-state index in [0.29, 0.717) is 16.7 Å². The summed E-state index contributed by atoms with van der Waals surface area (Å²) in [5, 5.41) is 3.39. The number of aryl methyl sites for hydroxylation is 1. The standard InChI is InChI=1S/C21H24N6O2/c28-20(9-13-27-15-24-17-7-3-2-6-16(17)21(27)29)23-14-18-22-10-8-19(25-18)26-11-4-1-5-12-26/h2-3,6-8,10,15H,1,4-5,9,11-14H2,(H,23,28). The van der Waals surface area contributed by atoms with Crippen molar-refractivity contribution in [3.8, 4) is 0 Å². The molecule has 8 heteroatoms. The number of para-hydroxylation sites is 1. The molecule has 1 aromatic carbocycles. The molecule has 1 N–H and O–H groups in total. The van der Waals surface area contributed by atoms with E-state index in [1.54, 1.807) is 24.4 Å². The SMILES string of the molecule is O=C(CCn1cnc2ccccc2c1=O)NCc1nccc(N2CCCCC2)n1. The van der Waals surface area contributed by atoms with Crippen LogP contribution in [-0.2, 0) is 17.9 Å². The molecule has 0 bridgehead atoms. The Hall–Kier alpha value is -3.29. The number of hydrogen-bond donors (Lipinski definition) is 1. The van der Waals surface area contributed by atoms with E-state index in [0.717, 1.165) is 18.9 Å². The van der Waals surface area contributed by atoms with Crippen molar-refractivity contribution in [2.45, 2.75) is 38.8 Å². The van der Waals surface area contributed by atoms with Crippen molar-refractivity contribution in [1.29, 1.82) is 0 Å². The van der Waals surface area contributed by atoms with Crippen LogP contribution in [0.5, 0.6) is 0 Å². The summed E-state index contributed by atoms with van der Waals surface area (Å²) in [4.78, 5) is 40.1. The summed E-state index contributed by atoms with van der Waals surface area (Å²) in [5.74, 6) is 1.35. The lowest BCUT2D eigenvalue weighted by molar-refractivity contribution is -0.121. The van der Waals surface area contributed by atoms with Gasteiger partial charge in [0.15, 0.2) is 0 Å². The van der Waals surface area contributed by atoms with Gasteiger partial charge in [-0.3, -0.25) is 14.2 Å². The average Bonchev–Trinajstić information content (AvgIpc) is 2.78. The molecule has 8 nitrogen and oxygen atoms in total. The van der Waals surface area contributed by atoms with Gasteiger partial charge in [-0.15, -0.1) is 0 Å². The highest BCUT2D eigenvalue weighted by Crippen LogP contribution is 2.16. The number of piperidine rings is 1. The molecule has 3 heterocycles. The first-order valence-electron chi connectivity index (χ1n) is 9.98. The number of fused-ring (bicyclic) bond motifs is 1. The Morgan fingerprint density at radius 2 is 1.90 bits per heavy atom. The van der Waals surface area contributed by atoms with E-state index in [-0.39, 0.29) is 31.0 Å². The molecular weight excluding hydrogens is 368 g/mol. The van der Waals surface area contributed by atoms with E-state index < -0.39 is 0 Å². The van der Waals surface area contributed by atoms with Crippen molar-refractivity contribution in [3.63, 3.8) is 0 Å². The molecule has 1 aliphatic rings. The first kappa shape index (κ1) is 19.0. The van der Waals surface area contributed by atoms with E-state index in [1.807, 2.05) is 12.1 Å². The lowest BCUT2D eigenvalue weighted by Gasteiger charge is -2.27. The topological polar surface area (TPSA) is 93.0 Å². The van der Waals surface area contributed by atoms with Crippen molar-refractivity contribution in [2.24, 2.45) is 0 Å². The number of aromatic nitrogens is 4. The van der Waals surface area contributed by atoms with Crippen LogP contribution in [0.25, 0.3) is 10.9 Å². The molecule has 150 valence electrons. The minimum Gasteiger partial charge on any atom is -0.357 e. The Kier molecular flexibility index (Phi) is 5.79. The van der Waals surface area contributed by atoms with E-state index in [4.69, 9.17) is 0 Å². The monoisotopic (exact) mass is 392 g/mol. The van der Waals surface area contributed by atoms with Crippen LogP contribution in [0.2, 0.25) is 0 Å². The second-order valence-electron chi connectivity index (χ2n) is 7.17. The number of carbonyl (C=O) groups excluding carboxylic acids is 1. The summed E-state index contributed by atoms with van der Waals surface area (Å²) in [6.45, 7) is 2.57. The van der Waals surface area contributed by atoms with Crippen LogP contribution in [0.1, 0.15) is 31.5 Å². The van der Waals surface area contributed by atoms with Gasteiger partial charge in [-0.2, -0.15) is 0 Å². The number of benzene rings is 1. The molecule has 3 aromatic rings. The number of amides is 1. The van der Waals surface area contributed by atoms with E-state index in [2.05, 4.69) is 25.2 Å². The Morgan fingerprint density at radius 3 is 2.76 bits per heavy atom. The van der Waals surface area contributed by atoms with Gasteiger partial charge in [-0.05, 0) is 37.5 Å². The molecule has 2 aromatic heterocycles. The van der Waals surface area contributed by atoms with Crippen LogP contribution in [-0.4, -0.2) is 38.5 Å². The Bertz CT molecular complexity index is 1060. The van der Waals surface area contributed by atoms with Crippen molar-refractivity contribution in [3.05, 3.63) is 59.0 Å². The number of hydrogen-bond acceptors (Lipinski definition) is 6. The zero-order chi connectivity index (χ0) is 20.1. The first-order chi connectivity index (χ1) is 14.2. The van der Waals surface area contributed by atoms with Crippen molar-refractivity contribution in [1.82, 2.24) is 24.8 Å². The third-order valence-electron chi connectivity index (χ3n) is 5.13. The number of carbonyl (C=O) groups is 1. The molecule has 0 spiro atoms. The van der Waals surface area contributed by atoms with Crippen LogP contribution >= 0.6 is 0 Å². The lowest BCUT2D eigenvalue weighted by Crippen LogP contribution is -2.31. The van der Waals surface area contributed by atoms with Crippen molar-refractivity contribution in [2.75, 3.05) is 18.0 Å². The molecule has 0 atom stereocenters. The van der Waals surface area contributed by atoms with Crippen LogP contribution in [0.15, 0.2) is 47.7 Å². The highest BCUT2D eigenvalue weighted by atomic mass is 16.1. The Morgan fingerprint density at radius 1 is 1.07 bits per heavy atom. The molecule has 0 unspecified atom stereocenters. The summed E-state index contributed by atoms with van der Waals surface area (Å²) in [7, 11) is 0. The van der Waals surface area contributed by atoms with Gasteiger partial charge in [0.2, 0.25) is 5.91 Å². The number of rotatable bonds is 6. The van der Waals surface area contributed by atoms with Gasteiger partial charge >= 0.3 is 0 Å². The van der Waals surface area contributed by atoms with E-state index in [9.17, 15) is 9.59 Å². The van der Waals surface area contributed by atoms with Crippen LogP contribution < -0.4 is 15.8 Å². The molecule has 4 rings (SSSR count). The highest BCUT2D eigenvalue weighted by molar-refractivity contribution is 5.77. The second kappa shape index (κ2) is 8.81. The average molecular weight is 392 g/mol. The fourth-order valence-electron chi connectivity index (χ4n) is 3.53. The fourth-order valence-corrected chi connectivity index (χ4v) is 3.53. The highest BCUT2D eigenvalue weighted by Gasteiger charge is 2.13. The third-order valence-corrected chi connectivity index (χ3v) is 5.13. The van der Waals surface area contributed by atoms with Crippen LogP contribution in [0, 0.1) is 0 Å². The predicted octanol–water partition coefficient (Wildman–Crippen LogP) is 1.88. The molecule has 0 radical (unpaired) electrons. The minimum absolute atomic E-state index is 0.138. The van der Waals surface area contributed by atoms with E-state index >= 15 is 0 Å². The predicted molar refractivity (Wildman–Crippen MR) is 111 cm³/mol. The zero-order valence-electron chi connectivity index (χ0n) is 16.3. The van der Waals surface area contributed by atoms with E-state index in [1.165, 1.54) is 30.2 Å².